The SMILES string of the molecule is CCOC(=O)CC(NC(=O)OCc1cccc(Cl)c1)C(=O)Cn1nnc(Cc2c(Cl)cccc2Cl)n1. The molecule has 0 aliphatic heterocycles. The molecule has 0 fully saturated rings. The number of ether oxygens (including phenoxy) is 2. The largest absolute Gasteiger partial charge is 0.466 e. The molecule has 13 heteroatoms. The van der Waals surface area contributed by atoms with Crippen LogP contribution in [0.15, 0.2) is 42.5 Å². The van der Waals surface area contributed by atoms with Crippen molar-refractivity contribution in [2.45, 2.75) is 39.0 Å². The van der Waals surface area contributed by atoms with Crippen molar-refractivity contribution in [3.05, 3.63) is 74.5 Å². The fourth-order valence-corrected chi connectivity index (χ4v) is 3.86. The van der Waals surface area contributed by atoms with Crippen molar-refractivity contribution < 1.29 is 23.9 Å². The van der Waals surface area contributed by atoms with E-state index in [1.54, 1.807) is 49.4 Å². The minimum atomic E-state index is -1.23. The maximum Gasteiger partial charge on any atom is 0.408 e. The Morgan fingerprint density at radius 2 is 1.78 bits per heavy atom. The van der Waals surface area contributed by atoms with Gasteiger partial charge in [-0.15, -0.1) is 10.2 Å². The molecule has 1 N–H and O–H groups in total. The van der Waals surface area contributed by atoms with Gasteiger partial charge in [0.05, 0.1) is 13.0 Å². The number of amides is 1. The van der Waals surface area contributed by atoms with Crippen LogP contribution in [0.5, 0.6) is 0 Å². The average Bonchev–Trinajstić information content (AvgIpc) is 3.27. The summed E-state index contributed by atoms with van der Waals surface area (Å²) in [5, 5.41) is 15.8. The minimum Gasteiger partial charge on any atom is -0.466 e. The molecule has 190 valence electrons. The minimum absolute atomic E-state index is 0.0781. The molecule has 1 heterocycles. The topological polar surface area (TPSA) is 125 Å². The third-order valence-electron chi connectivity index (χ3n) is 4.80. The lowest BCUT2D eigenvalue weighted by Gasteiger charge is -2.16. The number of aromatic nitrogens is 4. The second-order valence-corrected chi connectivity index (χ2v) is 8.74. The normalized spacial score (nSPS) is 11.6. The molecule has 2 aromatic carbocycles. The number of halogens is 3. The van der Waals surface area contributed by atoms with Gasteiger partial charge in [0.15, 0.2) is 11.6 Å². The molecule has 1 aromatic heterocycles. The lowest BCUT2D eigenvalue weighted by molar-refractivity contribution is -0.145. The third-order valence-corrected chi connectivity index (χ3v) is 5.75. The number of ketones is 1. The Kier molecular flexibility index (Phi) is 10.0. The number of alkyl carbamates (subject to hydrolysis) is 1. The van der Waals surface area contributed by atoms with Gasteiger partial charge in [-0.2, -0.15) is 4.80 Å². The van der Waals surface area contributed by atoms with E-state index in [1.807, 2.05) is 0 Å². The first-order chi connectivity index (χ1) is 17.2. The number of Topliss-reactive ketones (excluding diaryl/α,β-unsaturated/α-hetero) is 1. The van der Waals surface area contributed by atoms with E-state index in [0.29, 0.717) is 26.2 Å². The van der Waals surface area contributed by atoms with Gasteiger partial charge in [-0.1, -0.05) is 53.0 Å². The average molecular weight is 555 g/mol. The summed E-state index contributed by atoms with van der Waals surface area (Å²) in [6.45, 7) is 1.32. The van der Waals surface area contributed by atoms with E-state index in [-0.39, 0.29) is 32.0 Å². The van der Waals surface area contributed by atoms with Crippen LogP contribution in [0.1, 0.15) is 30.3 Å². The van der Waals surface area contributed by atoms with E-state index in [2.05, 4.69) is 20.7 Å². The summed E-state index contributed by atoms with van der Waals surface area (Å²) >= 11 is 18.3. The van der Waals surface area contributed by atoms with E-state index < -0.39 is 30.3 Å². The van der Waals surface area contributed by atoms with Crippen molar-refractivity contribution in [3.8, 4) is 0 Å². The summed E-state index contributed by atoms with van der Waals surface area (Å²) < 4.78 is 10.1. The number of esters is 1. The van der Waals surface area contributed by atoms with Gasteiger partial charge >= 0.3 is 12.1 Å². The monoisotopic (exact) mass is 553 g/mol. The van der Waals surface area contributed by atoms with Crippen LogP contribution in [-0.4, -0.2) is 50.7 Å². The van der Waals surface area contributed by atoms with Gasteiger partial charge in [-0.3, -0.25) is 9.59 Å². The van der Waals surface area contributed by atoms with Crippen LogP contribution in [0, 0.1) is 0 Å². The van der Waals surface area contributed by atoms with Gasteiger partial charge in [0, 0.05) is 21.5 Å². The van der Waals surface area contributed by atoms with Gasteiger partial charge in [-0.05, 0) is 47.5 Å². The highest BCUT2D eigenvalue weighted by Crippen LogP contribution is 2.25. The molecule has 0 bridgehead atoms. The quantitative estimate of drug-likeness (QED) is 0.352. The van der Waals surface area contributed by atoms with E-state index in [0.717, 1.165) is 4.80 Å². The summed E-state index contributed by atoms with van der Waals surface area (Å²) in [7, 11) is 0. The highest BCUT2D eigenvalue weighted by atomic mass is 35.5. The van der Waals surface area contributed by atoms with Crippen molar-refractivity contribution in [1.29, 1.82) is 0 Å². The van der Waals surface area contributed by atoms with Crippen LogP contribution in [0.2, 0.25) is 15.1 Å². The number of carbonyl (C=O) groups is 3. The molecule has 1 atom stereocenters. The van der Waals surface area contributed by atoms with Crippen LogP contribution in [-0.2, 0) is 38.6 Å². The number of nitrogens with one attached hydrogen (secondary N) is 1. The molecular formula is C23H22Cl3N5O5. The van der Waals surface area contributed by atoms with Crippen molar-refractivity contribution in [2.75, 3.05) is 6.61 Å². The number of carbonyl (C=O) groups excluding carboxylic acids is 3. The van der Waals surface area contributed by atoms with Crippen molar-refractivity contribution in [1.82, 2.24) is 25.5 Å². The lowest BCUT2D eigenvalue weighted by atomic mass is 10.1. The first-order valence-electron chi connectivity index (χ1n) is 10.8. The summed E-state index contributed by atoms with van der Waals surface area (Å²) in [6, 6.07) is 10.6. The van der Waals surface area contributed by atoms with E-state index in [1.165, 1.54) is 0 Å². The highest BCUT2D eigenvalue weighted by Gasteiger charge is 2.26. The standard InChI is InChI=1S/C23H22Cl3N5O5/c1-2-35-22(33)11-19(27-23(34)36-13-14-5-3-6-15(24)9-14)20(32)12-31-29-21(28-30-31)10-16-17(25)7-4-8-18(16)26/h3-9,19H,2,10-13H2,1H3,(H,27,34). The number of nitrogens with zero attached hydrogens (tertiary/aromatic N) is 4. The second kappa shape index (κ2) is 13.2. The smallest absolute Gasteiger partial charge is 0.408 e. The second-order valence-electron chi connectivity index (χ2n) is 7.49. The Labute approximate surface area is 221 Å². The maximum absolute atomic E-state index is 12.9. The zero-order valence-corrected chi connectivity index (χ0v) is 21.4. The Hall–Kier alpha value is -3.21. The molecule has 0 radical (unpaired) electrons. The molecule has 1 unspecified atom stereocenters. The summed E-state index contributed by atoms with van der Waals surface area (Å²) in [6.07, 6.45) is -1.08. The van der Waals surface area contributed by atoms with Crippen LogP contribution >= 0.6 is 34.8 Å². The molecule has 1 amide bonds. The molecule has 3 rings (SSSR count). The fourth-order valence-electron chi connectivity index (χ4n) is 3.11. The third kappa shape index (κ3) is 8.18. The predicted octanol–water partition coefficient (Wildman–Crippen LogP) is 4.04. The fraction of sp³-hybridized carbons (Fsp3) is 0.304. The van der Waals surface area contributed by atoms with Crippen molar-refractivity contribution in [2.24, 2.45) is 0 Å². The number of rotatable bonds is 11. The first kappa shape index (κ1) is 27.4. The van der Waals surface area contributed by atoms with E-state index in [4.69, 9.17) is 44.3 Å². The molecular weight excluding hydrogens is 533 g/mol. The summed E-state index contributed by atoms with van der Waals surface area (Å²) in [5.41, 5.74) is 1.28. The van der Waals surface area contributed by atoms with Gasteiger partial charge in [0.2, 0.25) is 0 Å². The Bertz CT molecular complexity index is 1220. The van der Waals surface area contributed by atoms with Crippen LogP contribution < -0.4 is 5.32 Å². The van der Waals surface area contributed by atoms with Crippen molar-refractivity contribution in [3.63, 3.8) is 0 Å². The van der Waals surface area contributed by atoms with Crippen molar-refractivity contribution >= 4 is 52.6 Å². The zero-order valence-electron chi connectivity index (χ0n) is 19.1. The molecule has 0 aliphatic rings. The summed E-state index contributed by atoms with van der Waals surface area (Å²) in [5.74, 6) is -0.928. The van der Waals surface area contributed by atoms with E-state index in [9.17, 15) is 14.4 Å². The predicted molar refractivity (Wildman–Crippen MR) is 132 cm³/mol. The molecule has 0 saturated carbocycles. The molecule has 10 nitrogen and oxygen atoms in total. The van der Waals surface area contributed by atoms with Crippen LogP contribution in [0.3, 0.4) is 0 Å². The van der Waals surface area contributed by atoms with Gasteiger partial charge in [-0.25, -0.2) is 4.79 Å². The number of tetrazole rings is 1. The van der Waals surface area contributed by atoms with E-state index >= 15 is 0 Å². The molecule has 0 spiro atoms. The lowest BCUT2D eigenvalue weighted by Crippen LogP contribution is -2.44. The zero-order chi connectivity index (χ0) is 26.1. The highest BCUT2D eigenvalue weighted by molar-refractivity contribution is 6.36. The number of benzene rings is 2. The number of hydrogen-bond acceptors (Lipinski definition) is 8. The van der Waals surface area contributed by atoms with Crippen LogP contribution in [0.25, 0.3) is 0 Å². The molecule has 0 aliphatic carbocycles. The van der Waals surface area contributed by atoms with Crippen LogP contribution in [0.4, 0.5) is 4.79 Å². The molecule has 0 saturated heterocycles. The summed E-state index contributed by atoms with van der Waals surface area (Å²) in [4.78, 5) is 38.3. The Morgan fingerprint density at radius 3 is 2.47 bits per heavy atom. The Balaban J connectivity index is 1.64. The first-order valence-corrected chi connectivity index (χ1v) is 11.9. The Morgan fingerprint density at radius 1 is 1.06 bits per heavy atom. The number of hydrogen-bond donors (Lipinski definition) is 1. The van der Waals surface area contributed by atoms with Gasteiger partial charge in [0.1, 0.15) is 19.2 Å². The molecule has 36 heavy (non-hydrogen) atoms. The van der Waals surface area contributed by atoms with Gasteiger partial charge < -0.3 is 14.8 Å². The molecule has 3 aromatic rings. The maximum atomic E-state index is 12.9. The van der Waals surface area contributed by atoms with Gasteiger partial charge in [0.25, 0.3) is 0 Å².